The Morgan fingerprint density at radius 2 is 1.90 bits per heavy atom. The van der Waals surface area contributed by atoms with Gasteiger partial charge in [0.1, 0.15) is 6.33 Å². The lowest BCUT2D eigenvalue weighted by atomic mass is 10.2. The minimum Gasteiger partial charge on any atom is -0.381 e. The van der Waals surface area contributed by atoms with Crippen molar-refractivity contribution in [3.8, 4) is 11.4 Å². The molecule has 6 nitrogen and oxygen atoms in total. The van der Waals surface area contributed by atoms with Crippen LogP contribution in [0.1, 0.15) is 11.3 Å². The molecule has 0 unspecified atom stereocenters. The van der Waals surface area contributed by atoms with E-state index in [4.69, 9.17) is 0 Å². The third kappa shape index (κ3) is 2.79. The Bertz CT molecular complexity index is 738. The van der Waals surface area contributed by atoms with E-state index in [1.807, 2.05) is 48.6 Å². The van der Waals surface area contributed by atoms with Crippen LogP contribution in [0.25, 0.3) is 11.4 Å². The standard InChI is InChI=1S/C15H18N6/c1-11-13(9-21(3)19-11)8-16-14-6-4-12(5-7-14)15-18-17-10-20(15)2/h4-7,9-10,16H,8H2,1-3H3. The van der Waals surface area contributed by atoms with Gasteiger partial charge >= 0.3 is 0 Å². The topological polar surface area (TPSA) is 60.6 Å². The molecule has 0 saturated carbocycles. The van der Waals surface area contributed by atoms with Crippen LogP contribution in [0.5, 0.6) is 0 Å². The summed E-state index contributed by atoms with van der Waals surface area (Å²) in [7, 11) is 3.87. The molecule has 1 N–H and O–H groups in total. The predicted octanol–water partition coefficient (Wildman–Crippen LogP) is 2.14. The van der Waals surface area contributed by atoms with Gasteiger partial charge in [-0.3, -0.25) is 4.68 Å². The molecule has 0 aliphatic carbocycles. The van der Waals surface area contributed by atoms with Crippen LogP contribution >= 0.6 is 0 Å². The number of nitrogens with zero attached hydrogens (tertiary/aromatic N) is 5. The summed E-state index contributed by atoms with van der Waals surface area (Å²) in [4.78, 5) is 0. The SMILES string of the molecule is Cc1nn(C)cc1CNc1ccc(-c2nncn2C)cc1. The lowest BCUT2D eigenvalue weighted by Crippen LogP contribution is -2.00. The average molecular weight is 282 g/mol. The molecule has 2 heterocycles. The smallest absolute Gasteiger partial charge is 0.163 e. The third-order valence-corrected chi connectivity index (χ3v) is 3.45. The van der Waals surface area contributed by atoms with Crippen molar-refractivity contribution in [1.82, 2.24) is 24.5 Å². The molecule has 3 aromatic rings. The van der Waals surface area contributed by atoms with Crippen LogP contribution in [0.2, 0.25) is 0 Å². The Kier molecular flexibility index (Phi) is 3.43. The van der Waals surface area contributed by atoms with Crippen LogP contribution in [0.3, 0.4) is 0 Å². The van der Waals surface area contributed by atoms with Crippen molar-refractivity contribution in [1.29, 1.82) is 0 Å². The lowest BCUT2D eigenvalue weighted by molar-refractivity contribution is 0.756. The summed E-state index contributed by atoms with van der Waals surface area (Å²) in [5, 5.41) is 15.7. The largest absolute Gasteiger partial charge is 0.381 e. The quantitative estimate of drug-likeness (QED) is 0.796. The fourth-order valence-corrected chi connectivity index (χ4v) is 2.30. The lowest BCUT2D eigenvalue weighted by Gasteiger charge is -2.07. The molecule has 108 valence electrons. The van der Waals surface area contributed by atoms with Gasteiger partial charge in [-0.05, 0) is 31.2 Å². The number of aryl methyl sites for hydroxylation is 3. The zero-order valence-corrected chi connectivity index (χ0v) is 12.4. The molecule has 0 aliphatic heterocycles. The number of hydrogen-bond acceptors (Lipinski definition) is 4. The molecule has 3 rings (SSSR count). The fourth-order valence-electron chi connectivity index (χ4n) is 2.30. The van der Waals surface area contributed by atoms with E-state index in [1.165, 1.54) is 5.56 Å². The van der Waals surface area contributed by atoms with Gasteiger partial charge in [-0.25, -0.2) is 0 Å². The molecule has 0 radical (unpaired) electrons. The van der Waals surface area contributed by atoms with Gasteiger partial charge in [0.2, 0.25) is 0 Å². The summed E-state index contributed by atoms with van der Waals surface area (Å²) in [6, 6.07) is 8.19. The molecular formula is C15H18N6. The van der Waals surface area contributed by atoms with E-state index < -0.39 is 0 Å². The number of aromatic nitrogens is 5. The third-order valence-electron chi connectivity index (χ3n) is 3.45. The van der Waals surface area contributed by atoms with Crippen molar-refractivity contribution < 1.29 is 0 Å². The molecule has 0 spiro atoms. The summed E-state index contributed by atoms with van der Waals surface area (Å²) in [6.45, 7) is 2.79. The van der Waals surface area contributed by atoms with Crippen LogP contribution < -0.4 is 5.32 Å². The molecule has 0 fully saturated rings. The Labute approximate surface area is 123 Å². The van der Waals surface area contributed by atoms with Crippen molar-refractivity contribution in [2.75, 3.05) is 5.32 Å². The van der Waals surface area contributed by atoms with E-state index in [-0.39, 0.29) is 0 Å². The first-order valence-corrected chi connectivity index (χ1v) is 6.81. The monoisotopic (exact) mass is 282 g/mol. The summed E-state index contributed by atoms with van der Waals surface area (Å²) in [5.74, 6) is 0.865. The summed E-state index contributed by atoms with van der Waals surface area (Å²) < 4.78 is 3.74. The molecule has 0 atom stereocenters. The Morgan fingerprint density at radius 3 is 2.48 bits per heavy atom. The number of rotatable bonds is 4. The van der Waals surface area contributed by atoms with Crippen LogP contribution in [-0.4, -0.2) is 24.5 Å². The minimum atomic E-state index is 0.767. The van der Waals surface area contributed by atoms with Gasteiger partial charge in [-0.2, -0.15) is 5.10 Å². The molecule has 21 heavy (non-hydrogen) atoms. The molecule has 0 amide bonds. The molecular weight excluding hydrogens is 264 g/mol. The van der Waals surface area contributed by atoms with E-state index in [9.17, 15) is 0 Å². The first-order valence-electron chi connectivity index (χ1n) is 6.81. The van der Waals surface area contributed by atoms with Crippen molar-refractivity contribution in [3.05, 3.63) is 48.0 Å². The maximum Gasteiger partial charge on any atom is 0.163 e. The van der Waals surface area contributed by atoms with Crippen LogP contribution in [0, 0.1) is 6.92 Å². The summed E-state index contributed by atoms with van der Waals surface area (Å²) in [6.07, 6.45) is 3.74. The molecule has 0 aliphatic rings. The van der Waals surface area contributed by atoms with E-state index in [2.05, 4.69) is 32.7 Å². The van der Waals surface area contributed by atoms with Crippen LogP contribution in [0.15, 0.2) is 36.8 Å². The Hall–Kier alpha value is -2.63. The van der Waals surface area contributed by atoms with Gasteiger partial charge in [0.25, 0.3) is 0 Å². The number of anilines is 1. The highest BCUT2D eigenvalue weighted by Crippen LogP contribution is 2.19. The second kappa shape index (κ2) is 5.40. The van der Waals surface area contributed by atoms with E-state index in [0.29, 0.717) is 0 Å². The molecule has 2 aromatic heterocycles. The maximum atomic E-state index is 4.34. The normalized spacial score (nSPS) is 10.8. The Morgan fingerprint density at radius 1 is 1.14 bits per heavy atom. The van der Waals surface area contributed by atoms with Crippen molar-refractivity contribution in [3.63, 3.8) is 0 Å². The van der Waals surface area contributed by atoms with Gasteiger partial charge in [0.05, 0.1) is 5.69 Å². The van der Waals surface area contributed by atoms with E-state index in [1.54, 1.807) is 6.33 Å². The first-order chi connectivity index (χ1) is 10.1. The van der Waals surface area contributed by atoms with Gasteiger partial charge in [0, 0.05) is 43.7 Å². The highest BCUT2D eigenvalue weighted by atomic mass is 15.3. The Balaban J connectivity index is 1.70. The number of nitrogens with one attached hydrogen (secondary N) is 1. The number of benzene rings is 1. The fraction of sp³-hybridized carbons (Fsp3) is 0.267. The van der Waals surface area contributed by atoms with Crippen LogP contribution in [-0.2, 0) is 20.6 Å². The second-order valence-corrected chi connectivity index (χ2v) is 5.11. The predicted molar refractivity (Wildman–Crippen MR) is 81.7 cm³/mol. The molecule has 6 heteroatoms. The maximum absolute atomic E-state index is 4.34. The first kappa shape index (κ1) is 13.4. The van der Waals surface area contributed by atoms with Gasteiger partial charge in [0.15, 0.2) is 5.82 Å². The second-order valence-electron chi connectivity index (χ2n) is 5.11. The zero-order valence-electron chi connectivity index (χ0n) is 12.4. The van der Waals surface area contributed by atoms with Crippen molar-refractivity contribution in [2.24, 2.45) is 14.1 Å². The van der Waals surface area contributed by atoms with Crippen molar-refractivity contribution in [2.45, 2.75) is 13.5 Å². The molecule has 0 saturated heterocycles. The highest BCUT2D eigenvalue weighted by Gasteiger charge is 2.05. The summed E-state index contributed by atoms with van der Waals surface area (Å²) in [5.41, 5.74) is 4.39. The van der Waals surface area contributed by atoms with Crippen molar-refractivity contribution >= 4 is 5.69 Å². The van der Waals surface area contributed by atoms with E-state index >= 15 is 0 Å². The zero-order chi connectivity index (χ0) is 14.8. The average Bonchev–Trinajstić information content (AvgIpc) is 3.03. The van der Waals surface area contributed by atoms with Gasteiger partial charge < -0.3 is 9.88 Å². The van der Waals surface area contributed by atoms with E-state index in [0.717, 1.165) is 29.3 Å². The van der Waals surface area contributed by atoms with Crippen LogP contribution in [0.4, 0.5) is 5.69 Å². The van der Waals surface area contributed by atoms with Gasteiger partial charge in [-0.1, -0.05) is 0 Å². The number of hydrogen-bond donors (Lipinski definition) is 1. The highest BCUT2D eigenvalue weighted by molar-refractivity contribution is 5.59. The minimum absolute atomic E-state index is 0.767. The van der Waals surface area contributed by atoms with Gasteiger partial charge in [-0.15, -0.1) is 10.2 Å². The summed E-state index contributed by atoms with van der Waals surface area (Å²) >= 11 is 0. The molecule has 0 bridgehead atoms. The molecule has 1 aromatic carbocycles.